The molecule has 0 unspecified atom stereocenters. The van der Waals surface area contributed by atoms with Gasteiger partial charge in [-0.1, -0.05) is 0 Å². The third-order valence-electron chi connectivity index (χ3n) is 1.60. The highest BCUT2D eigenvalue weighted by atomic mass is 79.9. The van der Waals surface area contributed by atoms with E-state index in [1.54, 1.807) is 12.3 Å². The molecular weight excluding hydrogens is 218 g/mol. The van der Waals surface area contributed by atoms with E-state index in [2.05, 4.69) is 25.9 Å². The molecule has 2 rings (SSSR count). The smallest absolute Gasteiger partial charge is 0.142 e. The zero-order chi connectivity index (χ0) is 8.55. The number of fused-ring (bicyclic) bond motifs is 1. The molecule has 0 radical (unpaired) electrons. The van der Waals surface area contributed by atoms with Crippen LogP contribution in [-0.2, 0) is 0 Å². The molecule has 0 spiro atoms. The number of nitriles is 1. The van der Waals surface area contributed by atoms with Gasteiger partial charge in [-0.05, 0) is 28.1 Å². The number of nitrogens with one attached hydrogen (secondary N) is 1. The van der Waals surface area contributed by atoms with Gasteiger partial charge in [0, 0.05) is 16.1 Å². The van der Waals surface area contributed by atoms with Crippen molar-refractivity contribution in [2.24, 2.45) is 0 Å². The molecule has 12 heavy (non-hydrogen) atoms. The van der Waals surface area contributed by atoms with E-state index in [0.717, 1.165) is 15.5 Å². The molecule has 0 atom stereocenters. The van der Waals surface area contributed by atoms with Gasteiger partial charge in [-0.2, -0.15) is 5.26 Å². The van der Waals surface area contributed by atoms with E-state index < -0.39 is 0 Å². The summed E-state index contributed by atoms with van der Waals surface area (Å²) in [4.78, 5) is 7.02. The molecule has 0 aliphatic carbocycles. The zero-order valence-corrected chi connectivity index (χ0v) is 7.59. The van der Waals surface area contributed by atoms with Gasteiger partial charge in [0.05, 0.1) is 0 Å². The molecule has 0 bridgehead atoms. The van der Waals surface area contributed by atoms with Crippen molar-refractivity contribution in [1.29, 1.82) is 5.26 Å². The number of aromatic nitrogens is 2. The van der Waals surface area contributed by atoms with Gasteiger partial charge in [-0.15, -0.1) is 0 Å². The van der Waals surface area contributed by atoms with E-state index in [-0.39, 0.29) is 0 Å². The summed E-state index contributed by atoms with van der Waals surface area (Å²) in [5.41, 5.74) is 1.16. The summed E-state index contributed by atoms with van der Waals surface area (Å²) in [7, 11) is 0. The van der Waals surface area contributed by atoms with Gasteiger partial charge >= 0.3 is 0 Å². The van der Waals surface area contributed by atoms with Crippen LogP contribution in [0.4, 0.5) is 0 Å². The molecule has 2 aromatic rings. The number of nitrogens with zero attached hydrogens (tertiary/aromatic N) is 2. The first kappa shape index (κ1) is 7.32. The second-order valence-corrected chi connectivity index (χ2v) is 3.20. The maximum absolute atomic E-state index is 8.57. The van der Waals surface area contributed by atoms with Crippen molar-refractivity contribution in [2.75, 3.05) is 0 Å². The van der Waals surface area contributed by atoms with Crippen molar-refractivity contribution in [2.45, 2.75) is 0 Å². The van der Waals surface area contributed by atoms with Crippen LogP contribution in [0.1, 0.15) is 5.69 Å². The number of aromatic amines is 1. The Labute approximate surface area is 77.2 Å². The minimum Gasteiger partial charge on any atom is -0.345 e. The van der Waals surface area contributed by atoms with E-state index in [4.69, 9.17) is 5.26 Å². The van der Waals surface area contributed by atoms with Crippen LogP contribution in [0.15, 0.2) is 22.8 Å². The molecule has 2 heterocycles. The number of hydrogen-bond donors (Lipinski definition) is 1. The van der Waals surface area contributed by atoms with Crippen LogP contribution in [0, 0.1) is 11.3 Å². The van der Waals surface area contributed by atoms with Crippen molar-refractivity contribution in [3.63, 3.8) is 0 Å². The third kappa shape index (κ3) is 0.990. The Balaban J connectivity index is 2.80. The quantitative estimate of drug-likeness (QED) is 0.742. The molecular formula is C8H4BrN3. The molecule has 0 aliphatic heterocycles. The normalized spacial score (nSPS) is 10.0. The summed E-state index contributed by atoms with van der Waals surface area (Å²) >= 11 is 3.36. The van der Waals surface area contributed by atoms with Crippen LogP contribution in [0.5, 0.6) is 0 Å². The van der Waals surface area contributed by atoms with Crippen LogP contribution in [0.2, 0.25) is 0 Å². The fourth-order valence-corrected chi connectivity index (χ4v) is 1.47. The average molecular weight is 222 g/mol. The summed E-state index contributed by atoms with van der Waals surface area (Å²) in [5.74, 6) is 0. The van der Waals surface area contributed by atoms with Gasteiger partial charge in [0.1, 0.15) is 17.4 Å². The van der Waals surface area contributed by atoms with Gasteiger partial charge in [-0.25, -0.2) is 4.98 Å². The largest absolute Gasteiger partial charge is 0.345 e. The molecule has 2 aromatic heterocycles. The van der Waals surface area contributed by atoms with Crippen molar-refractivity contribution in [3.05, 3.63) is 28.5 Å². The molecule has 0 aliphatic rings. The Morgan fingerprint density at radius 2 is 2.33 bits per heavy atom. The van der Waals surface area contributed by atoms with Gasteiger partial charge in [0.25, 0.3) is 0 Å². The summed E-state index contributed by atoms with van der Waals surface area (Å²) in [6.45, 7) is 0. The second kappa shape index (κ2) is 2.61. The lowest BCUT2D eigenvalue weighted by Crippen LogP contribution is -1.81. The van der Waals surface area contributed by atoms with Crippen LogP contribution in [0.25, 0.3) is 11.0 Å². The maximum atomic E-state index is 8.57. The fourth-order valence-electron chi connectivity index (χ4n) is 1.03. The summed E-state index contributed by atoms with van der Waals surface area (Å²) < 4.78 is 0.967. The minimum atomic E-state index is 0.428. The molecule has 0 saturated heterocycles. The summed E-state index contributed by atoms with van der Waals surface area (Å²) in [6, 6.07) is 5.54. The van der Waals surface area contributed by atoms with Gasteiger partial charge in [0.2, 0.25) is 0 Å². The Morgan fingerprint density at radius 3 is 3.08 bits per heavy atom. The van der Waals surface area contributed by atoms with Crippen molar-refractivity contribution in [3.8, 4) is 6.07 Å². The highest BCUT2D eigenvalue weighted by Crippen LogP contribution is 2.21. The van der Waals surface area contributed by atoms with Crippen LogP contribution < -0.4 is 0 Å². The number of H-pyrrole nitrogens is 1. The third-order valence-corrected chi connectivity index (χ3v) is 2.26. The van der Waals surface area contributed by atoms with Gasteiger partial charge < -0.3 is 4.98 Å². The average Bonchev–Trinajstić information content (AvgIpc) is 2.47. The van der Waals surface area contributed by atoms with Crippen molar-refractivity contribution in [1.82, 2.24) is 9.97 Å². The molecule has 0 aromatic carbocycles. The monoisotopic (exact) mass is 221 g/mol. The highest BCUT2D eigenvalue weighted by Gasteiger charge is 2.01. The van der Waals surface area contributed by atoms with E-state index in [1.165, 1.54) is 0 Å². The molecule has 1 N–H and O–H groups in total. The first-order valence-electron chi connectivity index (χ1n) is 3.35. The minimum absolute atomic E-state index is 0.428. The number of rotatable bonds is 0. The standard InChI is InChI=1S/C8H4BrN3/c9-7-4-11-8-6(7)2-1-5(3-10)12-8/h1-2,4H,(H,11,12). The van der Waals surface area contributed by atoms with Gasteiger partial charge in [-0.3, -0.25) is 0 Å². The first-order valence-corrected chi connectivity index (χ1v) is 4.14. The molecule has 3 nitrogen and oxygen atoms in total. The maximum Gasteiger partial charge on any atom is 0.142 e. The Hall–Kier alpha value is -1.34. The predicted octanol–water partition coefficient (Wildman–Crippen LogP) is 2.20. The SMILES string of the molecule is N#Cc1ccc2c(Br)c[nH]c2n1. The topological polar surface area (TPSA) is 52.5 Å². The zero-order valence-electron chi connectivity index (χ0n) is 6.00. The van der Waals surface area contributed by atoms with E-state index in [1.807, 2.05) is 12.1 Å². The van der Waals surface area contributed by atoms with Crippen molar-refractivity contribution < 1.29 is 0 Å². The number of hydrogen-bond acceptors (Lipinski definition) is 2. The second-order valence-electron chi connectivity index (χ2n) is 2.34. The van der Waals surface area contributed by atoms with E-state index in [0.29, 0.717) is 5.69 Å². The molecule has 58 valence electrons. The lowest BCUT2D eigenvalue weighted by molar-refractivity contribution is 1.28. The molecule has 0 amide bonds. The Kier molecular flexibility index (Phi) is 1.59. The number of halogens is 1. The fraction of sp³-hybridized carbons (Fsp3) is 0. The Morgan fingerprint density at radius 1 is 1.50 bits per heavy atom. The predicted molar refractivity (Wildman–Crippen MR) is 48.5 cm³/mol. The molecule has 0 saturated carbocycles. The van der Waals surface area contributed by atoms with Crippen LogP contribution in [0.3, 0.4) is 0 Å². The summed E-state index contributed by atoms with van der Waals surface area (Å²) in [6.07, 6.45) is 1.80. The molecule has 4 heteroatoms. The molecule has 0 fully saturated rings. The highest BCUT2D eigenvalue weighted by molar-refractivity contribution is 9.10. The van der Waals surface area contributed by atoms with Crippen LogP contribution in [-0.4, -0.2) is 9.97 Å². The first-order chi connectivity index (χ1) is 5.81. The lowest BCUT2D eigenvalue weighted by Gasteiger charge is -1.89. The van der Waals surface area contributed by atoms with Crippen molar-refractivity contribution >= 4 is 27.0 Å². The van der Waals surface area contributed by atoms with E-state index >= 15 is 0 Å². The lowest BCUT2D eigenvalue weighted by atomic mass is 10.3. The van der Waals surface area contributed by atoms with Crippen LogP contribution >= 0.6 is 15.9 Å². The Bertz CT molecular complexity index is 467. The summed E-state index contributed by atoms with van der Waals surface area (Å²) in [5, 5.41) is 9.56. The van der Waals surface area contributed by atoms with Gasteiger partial charge in [0.15, 0.2) is 0 Å². The number of pyridine rings is 1. The van der Waals surface area contributed by atoms with E-state index in [9.17, 15) is 0 Å².